The quantitative estimate of drug-likeness (QED) is 0.259. The zero-order chi connectivity index (χ0) is 26.6. The maximum atomic E-state index is 7.67. The third-order valence-corrected chi connectivity index (χ3v) is 6.75. The van der Waals surface area contributed by atoms with Gasteiger partial charge < -0.3 is 4.74 Å². The summed E-state index contributed by atoms with van der Waals surface area (Å²) in [4.78, 5) is 10.2. The summed E-state index contributed by atoms with van der Waals surface area (Å²) in [7, 11) is 0. The van der Waals surface area contributed by atoms with Gasteiger partial charge in [0.25, 0.3) is 0 Å². The Kier molecular flexibility index (Phi) is 12.6. The zero-order valence-electron chi connectivity index (χ0n) is 25.8. The fourth-order valence-electron chi connectivity index (χ4n) is 7.06. The average molecular weight is 471 g/mol. The minimum atomic E-state index is -0.608. The Morgan fingerprint density at radius 1 is 0.333 bits per heavy atom. The van der Waals surface area contributed by atoms with Crippen molar-refractivity contribution in [1.29, 1.82) is 0 Å². The van der Waals surface area contributed by atoms with E-state index in [0.717, 1.165) is 0 Å². The van der Waals surface area contributed by atoms with Crippen molar-refractivity contribution >= 4 is 0 Å². The highest BCUT2D eigenvalue weighted by Gasteiger charge is 2.54. The van der Waals surface area contributed by atoms with E-state index in [1.54, 1.807) is 0 Å². The van der Waals surface area contributed by atoms with Crippen LogP contribution in [0, 0.1) is 0 Å². The second-order valence-electron chi connectivity index (χ2n) is 12.3. The van der Waals surface area contributed by atoms with Crippen molar-refractivity contribution in [3.8, 4) is 0 Å². The molecule has 0 aromatic rings. The standard InChI is InChI=1S/C28H62N4O/c1-19(2)29(20(3)4)27(17,30(21(5)6)22(7)8)33-28(18,31(23(9)10)24(11)12)32(25(13)14)26(15)16/h19-26H,1-18H3. The first-order valence-corrected chi connectivity index (χ1v) is 13.6. The van der Waals surface area contributed by atoms with Gasteiger partial charge in [0.05, 0.1) is 0 Å². The van der Waals surface area contributed by atoms with Crippen LogP contribution >= 0.6 is 0 Å². The summed E-state index contributed by atoms with van der Waals surface area (Å²) in [5.74, 6) is -1.22. The molecular formula is C28H62N4O. The maximum absolute atomic E-state index is 7.67. The first-order chi connectivity index (χ1) is 14.8. The fourth-order valence-corrected chi connectivity index (χ4v) is 7.06. The molecule has 0 N–H and O–H groups in total. The van der Waals surface area contributed by atoms with E-state index >= 15 is 0 Å². The van der Waals surface area contributed by atoms with Crippen molar-refractivity contribution in [2.24, 2.45) is 0 Å². The highest BCUT2D eigenvalue weighted by Crippen LogP contribution is 2.40. The van der Waals surface area contributed by atoms with Gasteiger partial charge in [0.2, 0.25) is 0 Å². The third kappa shape index (κ3) is 7.39. The molecule has 0 saturated heterocycles. The predicted octanol–water partition coefficient (Wildman–Crippen LogP) is 6.83. The van der Waals surface area contributed by atoms with Gasteiger partial charge in [-0.15, -0.1) is 0 Å². The Labute approximate surface area is 209 Å². The molecule has 200 valence electrons. The van der Waals surface area contributed by atoms with Crippen LogP contribution < -0.4 is 0 Å². The lowest BCUT2D eigenvalue weighted by Gasteiger charge is -2.62. The molecule has 0 radical (unpaired) electrons. The summed E-state index contributed by atoms with van der Waals surface area (Å²) < 4.78 is 7.67. The van der Waals surface area contributed by atoms with Crippen molar-refractivity contribution < 1.29 is 4.74 Å². The summed E-state index contributed by atoms with van der Waals surface area (Å²) in [6, 6.07) is 2.65. The van der Waals surface area contributed by atoms with Gasteiger partial charge in [-0.2, -0.15) is 0 Å². The topological polar surface area (TPSA) is 22.2 Å². The molecule has 0 spiro atoms. The van der Waals surface area contributed by atoms with Crippen LogP contribution in [0.3, 0.4) is 0 Å². The Bertz CT molecular complexity index is 434. The van der Waals surface area contributed by atoms with Crippen LogP contribution in [0.4, 0.5) is 0 Å². The summed E-state index contributed by atoms with van der Waals surface area (Å²) in [5.41, 5.74) is 0. The van der Waals surface area contributed by atoms with E-state index in [9.17, 15) is 0 Å². The number of ether oxygens (including phenoxy) is 1. The van der Waals surface area contributed by atoms with Gasteiger partial charge >= 0.3 is 0 Å². The van der Waals surface area contributed by atoms with Gasteiger partial charge in [-0.05, 0) is 125 Å². The Hall–Kier alpha value is -0.200. The van der Waals surface area contributed by atoms with E-state index in [0.29, 0.717) is 48.3 Å². The molecule has 0 rings (SSSR count). The SMILES string of the molecule is CC(C)N(C(C)C)C(C)(OC(C)(N(C(C)C)C(C)C)N(C(C)C)C(C)C)N(C(C)C)C(C)C. The van der Waals surface area contributed by atoms with Gasteiger partial charge in [-0.3, -0.25) is 19.6 Å². The molecule has 0 bridgehead atoms. The summed E-state index contributed by atoms with van der Waals surface area (Å²) >= 11 is 0. The van der Waals surface area contributed by atoms with Crippen LogP contribution in [0.1, 0.15) is 125 Å². The van der Waals surface area contributed by atoms with Gasteiger partial charge in [-0.25, -0.2) is 0 Å². The summed E-state index contributed by atoms with van der Waals surface area (Å²) in [6.45, 7) is 41.3. The maximum Gasteiger partial charge on any atom is 0.181 e. The van der Waals surface area contributed by atoms with Crippen molar-refractivity contribution in [2.75, 3.05) is 0 Å². The summed E-state index contributed by atoms with van der Waals surface area (Å²) in [6.07, 6.45) is 0. The molecule has 0 aromatic heterocycles. The molecule has 0 aliphatic heterocycles. The molecule has 0 unspecified atom stereocenters. The molecule has 0 aliphatic carbocycles. The fraction of sp³-hybridized carbons (Fsp3) is 1.00. The van der Waals surface area contributed by atoms with Gasteiger partial charge in [0.15, 0.2) is 11.7 Å². The molecule has 5 nitrogen and oxygen atoms in total. The first-order valence-electron chi connectivity index (χ1n) is 13.6. The van der Waals surface area contributed by atoms with Crippen LogP contribution in [0.5, 0.6) is 0 Å². The number of nitrogens with zero attached hydrogens (tertiary/aromatic N) is 4. The van der Waals surface area contributed by atoms with Crippen LogP contribution in [0.15, 0.2) is 0 Å². The van der Waals surface area contributed by atoms with Crippen LogP contribution in [-0.4, -0.2) is 79.6 Å². The Balaban J connectivity index is 7.34. The zero-order valence-corrected chi connectivity index (χ0v) is 25.8. The molecule has 0 fully saturated rings. The van der Waals surface area contributed by atoms with Gasteiger partial charge in [0, 0.05) is 48.3 Å². The smallest absolute Gasteiger partial charge is 0.181 e. The molecule has 0 aliphatic rings. The van der Waals surface area contributed by atoms with E-state index in [2.05, 4.69) is 144 Å². The monoisotopic (exact) mass is 470 g/mol. The van der Waals surface area contributed by atoms with Crippen molar-refractivity contribution in [2.45, 2.75) is 185 Å². The molecule has 0 atom stereocenters. The van der Waals surface area contributed by atoms with Crippen molar-refractivity contribution in [1.82, 2.24) is 19.6 Å². The van der Waals surface area contributed by atoms with Gasteiger partial charge in [0.1, 0.15) is 0 Å². The van der Waals surface area contributed by atoms with E-state index in [-0.39, 0.29) is 0 Å². The molecule has 0 amide bonds. The number of rotatable bonds is 14. The van der Waals surface area contributed by atoms with Crippen LogP contribution in [0.2, 0.25) is 0 Å². The van der Waals surface area contributed by atoms with E-state index < -0.39 is 11.7 Å². The van der Waals surface area contributed by atoms with Gasteiger partial charge in [-0.1, -0.05) is 0 Å². The van der Waals surface area contributed by atoms with E-state index in [4.69, 9.17) is 4.74 Å². The second kappa shape index (κ2) is 12.7. The lowest BCUT2D eigenvalue weighted by atomic mass is 10.1. The van der Waals surface area contributed by atoms with E-state index in [1.165, 1.54) is 0 Å². The molecule has 0 heterocycles. The summed E-state index contributed by atoms with van der Waals surface area (Å²) in [5, 5.41) is 0. The highest BCUT2D eigenvalue weighted by molar-refractivity contribution is 4.94. The van der Waals surface area contributed by atoms with E-state index in [1.807, 2.05) is 0 Å². The first kappa shape index (κ1) is 32.8. The lowest BCUT2D eigenvalue weighted by Crippen LogP contribution is -2.76. The number of hydrogen-bond acceptors (Lipinski definition) is 5. The molecule has 0 saturated carbocycles. The van der Waals surface area contributed by atoms with Crippen molar-refractivity contribution in [3.63, 3.8) is 0 Å². The predicted molar refractivity (Wildman–Crippen MR) is 146 cm³/mol. The molecular weight excluding hydrogens is 408 g/mol. The van der Waals surface area contributed by atoms with Crippen LogP contribution in [0.25, 0.3) is 0 Å². The van der Waals surface area contributed by atoms with Crippen LogP contribution in [-0.2, 0) is 4.74 Å². The largest absolute Gasteiger partial charge is 0.313 e. The molecule has 33 heavy (non-hydrogen) atoms. The lowest BCUT2D eigenvalue weighted by molar-refractivity contribution is -0.389. The minimum absolute atomic E-state index is 0.331. The Morgan fingerprint density at radius 2 is 0.455 bits per heavy atom. The Morgan fingerprint density at radius 3 is 0.545 bits per heavy atom. The molecule has 5 heteroatoms. The third-order valence-electron chi connectivity index (χ3n) is 6.75. The minimum Gasteiger partial charge on any atom is -0.313 e. The second-order valence-corrected chi connectivity index (χ2v) is 12.3. The normalized spacial score (nSPS) is 14.7. The average Bonchev–Trinajstić information content (AvgIpc) is 2.49. The molecule has 0 aromatic carbocycles. The highest BCUT2D eigenvalue weighted by atomic mass is 16.6. The number of hydrogen-bond donors (Lipinski definition) is 0. The van der Waals surface area contributed by atoms with Crippen molar-refractivity contribution in [3.05, 3.63) is 0 Å².